The molecule has 0 spiro atoms. The SMILES string of the molecule is COc1ccc([C@H]2[C@H](c3ccc(OC)c(OC)c3)C(=O)N2c2cc(OC)c(OC)c(OC)c2)cc1. The van der Waals surface area contributed by atoms with Gasteiger partial charge in [0.25, 0.3) is 0 Å². The summed E-state index contributed by atoms with van der Waals surface area (Å²) in [6, 6.07) is 16.5. The molecule has 3 aromatic rings. The predicted octanol–water partition coefficient (Wildman–Crippen LogP) is 4.61. The lowest BCUT2D eigenvalue weighted by Gasteiger charge is -2.48. The number of hydrogen-bond donors (Lipinski definition) is 0. The second-order valence-electron chi connectivity index (χ2n) is 7.90. The Morgan fingerprint density at radius 2 is 1.17 bits per heavy atom. The van der Waals surface area contributed by atoms with Gasteiger partial charge in [-0.1, -0.05) is 18.2 Å². The lowest BCUT2D eigenvalue weighted by atomic mass is 9.77. The molecule has 0 aliphatic carbocycles. The van der Waals surface area contributed by atoms with E-state index in [-0.39, 0.29) is 11.9 Å². The van der Waals surface area contributed by atoms with E-state index in [0.717, 1.165) is 16.9 Å². The minimum Gasteiger partial charge on any atom is -0.497 e. The molecule has 0 radical (unpaired) electrons. The highest BCUT2D eigenvalue weighted by Gasteiger charge is 2.50. The Balaban J connectivity index is 1.83. The third kappa shape index (κ3) is 4.16. The highest BCUT2D eigenvalue weighted by molar-refractivity contribution is 6.07. The summed E-state index contributed by atoms with van der Waals surface area (Å²) in [5, 5.41) is 0. The van der Waals surface area contributed by atoms with E-state index < -0.39 is 5.92 Å². The molecule has 1 fully saturated rings. The van der Waals surface area contributed by atoms with Crippen molar-refractivity contribution < 1.29 is 33.2 Å². The number of amides is 1. The Morgan fingerprint density at radius 1 is 0.600 bits per heavy atom. The molecular weight excluding hydrogens is 450 g/mol. The number of nitrogens with zero attached hydrogens (tertiary/aromatic N) is 1. The van der Waals surface area contributed by atoms with Gasteiger partial charge in [0, 0.05) is 12.1 Å². The van der Waals surface area contributed by atoms with Gasteiger partial charge >= 0.3 is 0 Å². The summed E-state index contributed by atoms with van der Waals surface area (Å²) in [6.45, 7) is 0. The van der Waals surface area contributed by atoms with Crippen molar-refractivity contribution in [2.24, 2.45) is 0 Å². The molecular formula is C27H29NO7. The third-order valence-electron chi connectivity index (χ3n) is 6.25. The Hall–Kier alpha value is -4.07. The number of rotatable bonds is 9. The van der Waals surface area contributed by atoms with Gasteiger partial charge in [0.05, 0.1) is 60.3 Å². The monoisotopic (exact) mass is 479 g/mol. The van der Waals surface area contributed by atoms with E-state index in [4.69, 9.17) is 28.4 Å². The van der Waals surface area contributed by atoms with Crippen molar-refractivity contribution in [3.63, 3.8) is 0 Å². The van der Waals surface area contributed by atoms with Gasteiger partial charge in [0.2, 0.25) is 11.7 Å². The predicted molar refractivity (Wildman–Crippen MR) is 132 cm³/mol. The van der Waals surface area contributed by atoms with Crippen LogP contribution in [0.25, 0.3) is 0 Å². The molecule has 1 aliphatic rings. The van der Waals surface area contributed by atoms with Crippen LogP contribution in [0.3, 0.4) is 0 Å². The summed E-state index contributed by atoms with van der Waals surface area (Å²) >= 11 is 0. The summed E-state index contributed by atoms with van der Waals surface area (Å²) < 4.78 is 32.7. The zero-order valence-corrected chi connectivity index (χ0v) is 20.7. The van der Waals surface area contributed by atoms with Crippen LogP contribution in [0, 0.1) is 0 Å². The molecule has 1 aliphatic heterocycles. The van der Waals surface area contributed by atoms with Gasteiger partial charge in [-0.2, -0.15) is 0 Å². The number of methoxy groups -OCH3 is 6. The maximum absolute atomic E-state index is 13.7. The molecule has 0 aromatic heterocycles. The van der Waals surface area contributed by atoms with Crippen LogP contribution in [-0.2, 0) is 4.79 Å². The lowest BCUT2D eigenvalue weighted by Crippen LogP contribution is -2.53. The molecule has 1 heterocycles. The first kappa shape index (κ1) is 24.1. The first-order chi connectivity index (χ1) is 17.0. The van der Waals surface area contributed by atoms with Gasteiger partial charge in [-0.25, -0.2) is 0 Å². The second kappa shape index (κ2) is 10.0. The van der Waals surface area contributed by atoms with Crippen LogP contribution < -0.4 is 33.3 Å². The minimum atomic E-state index is -0.428. The van der Waals surface area contributed by atoms with Crippen LogP contribution in [-0.4, -0.2) is 48.6 Å². The van der Waals surface area contributed by atoms with Crippen molar-refractivity contribution in [2.75, 3.05) is 47.6 Å². The van der Waals surface area contributed by atoms with E-state index in [1.54, 1.807) is 59.7 Å². The zero-order valence-electron chi connectivity index (χ0n) is 20.7. The molecule has 2 atom stereocenters. The molecule has 0 N–H and O–H groups in total. The van der Waals surface area contributed by atoms with Crippen LogP contribution in [0.4, 0.5) is 5.69 Å². The van der Waals surface area contributed by atoms with Gasteiger partial charge in [0.1, 0.15) is 5.75 Å². The van der Waals surface area contributed by atoms with Crippen molar-refractivity contribution in [1.82, 2.24) is 0 Å². The van der Waals surface area contributed by atoms with E-state index in [1.807, 2.05) is 42.5 Å². The van der Waals surface area contributed by atoms with E-state index in [9.17, 15) is 4.79 Å². The molecule has 0 bridgehead atoms. The topological polar surface area (TPSA) is 75.7 Å². The molecule has 3 aromatic carbocycles. The number of hydrogen-bond acceptors (Lipinski definition) is 7. The second-order valence-corrected chi connectivity index (χ2v) is 7.90. The summed E-state index contributed by atoms with van der Waals surface area (Å²) in [7, 11) is 9.42. The minimum absolute atomic E-state index is 0.0627. The fraction of sp³-hybridized carbons (Fsp3) is 0.296. The van der Waals surface area contributed by atoms with E-state index in [0.29, 0.717) is 34.4 Å². The largest absolute Gasteiger partial charge is 0.497 e. The highest BCUT2D eigenvalue weighted by atomic mass is 16.5. The number of carbonyl (C=O) groups is 1. The number of β-lactam (4-membered cyclic amide) rings is 1. The zero-order chi connectivity index (χ0) is 25.1. The summed E-state index contributed by atoms with van der Waals surface area (Å²) in [4.78, 5) is 15.4. The van der Waals surface area contributed by atoms with Gasteiger partial charge in [-0.15, -0.1) is 0 Å². The normalized spacial score (nSPS) is 16.9. The van der Waals surface area contributed by atoms with E-state index >= 15 is 0 Å². The molecule has 1 amide bonds. The van der Waals surface area contributed by atoms with E-state index in [2.05, 4.69) is 0 Å². The van der Waals surface area contributed by atoms with Crippen LogP contribution in [0.2, 0.25) is 0 Å². The van der Waals surface area contributed by atoms with Gasteiger partial charge in [-0.05, 0) is 35.4 Å². The first-order valence-corrected chi connectivity index (χ1v) is 11.0. The maximum atomic E-state index is 13.7. The summed E-state index contributed by atoms with van der Waals surface area (Å²) in [5.41, 5.74) is 2.43. The summed E-state index contributed by atoms with van der Waals surface area (Å²) in [6.07, 6.45) is 0. The number of ether oxygens (including phenoxy) is 6. The van der Waals surface area contributed by atoms with Crippen molar-refractivity contribution in [3.05, 3.63) is 65.7 Å². The fourth-order valence-electron chi connectivity index (χ4n) is 4.50. The fourth-order valence-corrected chi connectivity index (χ4v) is 4.50. The van der Waals surface area contributed by atoms with Crippen molar-refractivity contribution >= 4 is 11.6 Å². The Labute approximate surface area is 204 Å². The average Bonchev–Trinajstić information content (AvgIpc) is 2.90. The average molecular weight is 480 g/mol. The molecule has 4 rings (SSSR count). The molecule has 0 saturated carbocycles. The number of carbonyl (C=O) groups excluding carboxylic acids is 1. The van der Waals surface area contributed by atoms with Gasteiger partial charge < -0.3 is 33.3 Å². The third-order valence-corrected chi connectivity index (χ3v) is 6.25. The van der Waals surface area contributed by atoms with Crippen LogP contribution >= 0.6 is 0 Å². The standard InChI is InChI=1S/C27H29NO7/c1-30-19-10-7-16(8-11-19)25-24(17-9-12-20(31-2)21(13-17)32-3)27(29)28(25)18-14-22(33-4)26(35-6)23(15-18)34-5/h7-15,24-25H,1-6H3/t24-,25-/m0/s1. The first-order valence-electron chi connectivity index (χ1n) is 11.0. The van der Waals surface area contributed by atoms with Crippen LogP contribution in [0.15, 0.2) is 54.6 Å². The highest BCUT2D eigenvalue weighted by Crippen LogP contribution is 2.52. The van der Waals surface area contributed by atoms with Crippen LogP contribution in [0.1, 0.15) is 23.1 Å². The van der Waals surface area contributed by atoms with Crippen molar-refractivity contribution in [1.29, 1.82) is 0 Å². The quantitative estimate of drug-likeness (QED) is 0.415. The van der Waals surface area contributed by atoms with Gasteiger partial charge in [-0.3, -0.25) is 4.79 Å². The molecule has 8 heteroatoms. The molecule has 184 valence electrons. The Morgan fingerprint density at radius 3 is 1.69 bits per heavy atom. The Bertz CT molecular complexity index is 1180. The number of benzene rings is 3. The maximum Gasteiger partial charge on any atom is 0.237 e. The summed E-state index contributed by atoms with van der Waals surface area (Å²) in [5.74, 6) is 2.82. The van der Waals surface area contributed by atoms with Crippen molar-refractivity contribution in [3.8, 4) is 34.5 Å². The number of anilines is 1. The lowest BCUT2D eigenvalue weighted by molar-refractivity contribution is -0.126. The molecule has 0 unspecified atom stereocenters. The van der Waals surface area contributed by atoms with Crippen LogP contribution in [0.5, 0.6) is 34.5 Å². The van der Waals surface area contributed by atoms with Crippen molar-refractivity contribution in [2.45, 2.75) is 12.0 Å². The van der Waals surface area contributed by atoms with Gasteiger partial charge in [0.15, 0.2) is 23.0 Å². The molecule has 8 nitrogen and oxygen atoms in total. The smallest absolute Gasteiger partial charge is 0.237 e. The Kier molecular flexibility index (Phi) is 6.91. The van der Waals surface area contributed by atoms with E-state index in [1.165, 1.54) is 0 Å². The molecule has 35 heavy (non-hydrogen) atoms. The molecule has 1 saturated heterocycles.